The van der Waals surface area contributed by atoms with E-state index in [9.17, 15) is 18.4 Å². The maximum atomic E-state index is 12.9. The smallest absolute Gasteiger partial charge is 0.387 e. The third-order valence-corrected chi connectivity index (χ3v) is 4.56. The van der Waals surface area contributed by atoms with E-state index in [1.54, 1.807) is 13.8 Å². The van der Waals surface area contributed by atoms with E-state index >= 15 is 0 Å². The molecule has 0 amide bonds. The van der Waals surface area contributed by atoms with Crippen molar-refractivity contribution >= 4 is 27.9 Å². The number of benzene rings is 1. The van der Waals surface area contributed by atoms with E-state index in [2.05, 4.69) is 26.0 Å². The second-order valence-electron chi connectivity index (χ2n) is 5.68. The molecule has 1 aromatic rings. The Labute approximate surface area is 163 Å². The molecule has 27 heavy (non-hydrogen) atoms. The monoisotopic (exact) mass is 445 g/mol. The third kappa shape index (κ3) is 4.29. The highest BCUT2D eigenvalue weighted by molar-refractivity contribution is 9.10. The summed E-state index contributed by atoms with van der Waals surface area (Å²) in [6.45, 7) is 0.176. The fourth-order valence-electron chi connectivity index (χ4n) is 3.01. The van der Waals surface area contributed by atoms with Gasteiger partial charge in [-0.15, -0.1) is 0 Å². The summed E-state index contributed by atoms with van der Waals surface area (Å²) in [5, 5.41) is 2.94. The molecule has 0 saturated heterocycles. The zero-order valence-corrected chi connectivity index (χ0v) is 16.6. The van der Waals surface area contributed by atoms with Crippen LogP contribution >= 0.6 is 15.9 Å². The molecule has 1 aromatic carbocycles. The number of carbonyl (C=O) groups is 2. The first-order valence-corrected chi connectivity index (χ1v) is 8.60. The van der Waals surface area contributed by atoms with Crippen LogP contribution in [0, 0.1) is 0 Å². The molecule has 0 spiro atoms. The molecule has 1 aliphatic rings. The normalized spacial score (nSPS) is 15.0. The molecule has 0 radical (unpaired) electrons. The molecule has 6 nitrogen and oxygen atoms in total. The van der Waals surface area contributed by atoms with Crippen LogP contribution in [-0.2, 0) is 19.1 Å². The molecule has 9 heteroatoms. The van der Waals surface area contributed by atoms with E-state index in [1.807, 2.05) is 0 Å². The third-order valence-electron chi connectivity index (χ3n) is 4.07. The molecule has 2 rings (SSSR count). The first-order chi connectivity index (χ1) is 12.7. The second-order valence-corrected chi connectivity index (χ2v) is 6.59. The Morgan fingerprint density at radius 3 is 2.04 bits per heavy atom. The fraction of sp³-hybridized carbons (Fsp3) is 0.333. The lowest BCUT2D eigenvalue weighted by Gasteiger charge is -2.31. The zero-order valence-electron chi connectivity index (χ0n) is 15.1. The highest BCUT2D eigenvalue weighted by atomic mass is 79.9. The first kappa shape index (κ1) is 20.9. The Morgan fingerprint density at radius 2 is 1.59 bits per heavy atom. The van der Waals surface area contributed by atoms with Gasteiger partial charge in [0.05, 0.1) is 31.3 Å². The van der Waals surface area contributed by atoms with Gasteiger partial charge < -0.3 is 19.5 Å². The Balaban J connectivity index is 2.79. The van der Waals surface area contributed by atoms with E-state index in [0.717, 1.165) is 0 Å². The van der Waals surface area contributed by atoms with Crippen molar-refractivity contribution in [2.24, 2.45) is 0 Å². The number of dihydropyridines is 1. The lowest BCUT2D eigenvalue weighted by atomic mass is 9.80. The van der Waals surface area contributed by atoms with Crippen LogP contribution in [0.2, 0.25) is 0 Å². The summed E-state index contributed by atoms with van der Waals surface area (Å²) < 4.78 is 40.7. The van der Waals surface area contributed by atoms with Crippen molar-refractivity contribution in [1.82, 2.24) is 5.32 Å². The maximum Gasteiger partial charge on any atom is 0.387 e. The molecule has 0 aliphatic carbocycles. The summed E-state index contributed by atoms with van der Waals surface area (Å²) >= 11 is 3.28. The van der Waals surface area contributed by atoms with Crippen molar-refractivity contribution in [3.05, 3.63) is 50.8 Å². The van der Waals surface area contributed by atoms with Crippen LogP contribution in [0.1, 0.15) is 25.3 Å². The number of allylic oxidation sites excluding steroid dienone is 2. The number of alkyl halides is 2. The van der Waals surface area contributed by atoms with Crippen molar-refractivity contribution < 1.29 is 32.6 Å². The van der Waals surface area contributed by atoms with Crippen LogP contribution in [0.3, 0.4) is 0 Å². The van der Waals surface area contributed by atoms with Gasteiger partial charge >= 0.3 is 18.6 Å². The molecule has 146 valence electrons. The molecular weight excluding hydrogens is 428 g/mol. The summed E-state index contributed by atoms with van der Waals surface area (Å²) in [4.78, 5) is 24.9. The van der Waals surface area contributed by atoms with Crippen LogP contribution < -0.4 is 10.1 Å². The van der Waals surface area contributed by atoms with Gasteiger partial charge in [0.2, 0.25) is 0 Å². The van der Waals surface area contributed by atoms with Crippen molar-refractivity contribution in [2.45, 2.75) is 26.4 Å². The quantitative estimate of drug-likeness (QED) is 0.697. The van der Waals surface area contributed by atoms with Gasteiger partial charge in [-0.2, -0.15) is 8.78 Å². The maximum absolute atomic E-state index is 12.9. The number of rotatable bonds is 5. The molecule has 0 fully saturated rings. The van der Waals surface area contributed by atoms with Crippen LogP contribution in [0.15, 0.2) is 45.2 Å². The number of hydrogen-bond donors (Lipinski definition) is 1. The Morgan fingerprint density at radius 1 is 1.07 bits per heavy atom. The number of hydrogen-bond acceptors (Lipinski definition) is 6. The van der Waals surface area contributed by atoms with E-state index in [1.165, 1.54) is 32.4 Å². The number of methoxy groups -OCH3 is 2. The van der Waals surface area contributed by atoms with Gasteiger partial charge in [0.1, 0.15) is 5.75 Å². The minimum atomic E-state index is -3.08. The summed E-state index contributed by atoms with van der Waals surface area (Å²) in [6, 6.07) is 4.37. The largest absolute Gasteiger partial charge is 0.466 e. The van der Waals surface area contributed by atoms with E-state index in [-0.39, 0.29) is 22.5 Å². The number of ether oxygens (including phenoxy) is 3. The Bertz CT molecular complexity index is 797. The average Bonchev–Trinajstić information content (AvgIpc) is 2.61. The van der Waals surface area contributed by atoms with Gasteiger partial charge in [-0.1, -0.05) is 15.9 Å². The van der Waals surface area contributed by atoms with Gasteiger partial charge in [-0.05, 0) is 32.0 Å². The molecular formula is C18H18BrF2NO5. The number of carbonyl (C=O) groups excluding carboxylic acids is 2. The standard InChI is InChI=1S/C18H18BrF2NO5/c1-8-13(16(23)25-3)15(14(9(2)22-8)17(24)26-4)11-7-10(19)5-6-12(11)27-18(20)21/h5-7,15,18,22H,1-4H3. The lowest BCUT2D eigenvalue weighted by molar-refractivity contribution is -0.137. The predicted molar refractivity (Wildman–Crippen MR) is 96.1 cm³/mol. The van der Waals surface area contributed by atoms with Crippen LogP contribution in [0.4, 0.5) is 8.78 Å². The van der Waals surface area contributed by atoms with E-state index < -0.39 is 24.5 Å². The van der Waals surface area contributed by atoms with Gasteiger partial charge in [-0.25, -0.2) is 9.59 Å². The lowest BCUT2D eigenvalue weighted by Crippen LogP contribution is -2.32. The average molecular weight is 446 g/mol. The highest BCUT2D eigenvalue weighted by Gasteiger charge is 2.39. The summed E-state index contributed by atoms with van der Waals surface area (Å²) in [5.74, 6) is -2.59. The second kappa shape index (κ2) is 8.51. The van der Waals surface area contributed by atoms with Crippen LogP contribution in [-0.4, -0.2) is 32.8 Å². The van der Waals surface area contributed by atoms with Crippen molar-refractivity contribution in [3.8, 4) is 5.75 Å². The minimum absolute atomic E-state index is 0.0979. The topological polar surface area (TPSA) is 73.9 Å². The van der Waals surface area contributed by atoms with Crippen molar-refractivity contribution in [3.63, 3.8) is 0 Å². The van der Waals surface area contributed by atoms with Gasteiger partial charge in [0, 0.05) is 21.4 Å². The van der Waals surface area contributed by atoms with Gasteiger partial charge in [0.15, 0.2) is 0 Å². The Kier molecular flexibility index (Phi) is 6.59. The Hall–Kier alpha value is -2.42. The molecule has 0 bridgehead atoms. The van der Waals surface area contributed by atoms with Crippen molar-refractivity contribution in [2.75, 3.05) is 14.2 Å². The molecule has 1 aliphatic heterocycles. The number of esters is 2. The first-order valence-electron chi connectivity index (χ1n) is 7.80. The van der Waals surface area contributed by atoms with E-state index in [4.69, 9.17) is 9.47 Å². The minimum Gasteiger partial charge on any atom is -0.466 e. The SMILES string of the molecule is COC(=O)C1=C(C)NC(C)=C(C(=O)OC)C1c1cc(Br)ccc1OC(F)F. The zero-order chi connectivity index (χ0) is 20.3. The van der Waals surface area contributed by atoms with Crippen LogP contribution in [0.25, 0.3) is 0 Å². The van der Waals surface area contributed by atoms with Gasteiger partial charge in [0.25, 0.3) is 0 Å². The summed E-state index contributed by atoms with van der Waals surface area (Å²) in [7, 11) is 2.39. The highest BCUT2D eigenvalue weighted by Crippen LogP contribution is 2.43. The predicted octanol–water partition coefficient (Wildman–Crippen LogP) is 3.63. The van der Waals surface area contributed by atoms with Crippen molar-refractivity contribution in [1.29, 1.82) is 0 Å². The molecule has 0 saturated carbocycles. The molecule has 0 aromatic heterocycles. The fourth-order valence-corrected chi connectivity index (χ4v) is 3.39. The number of halogens is 3. The molecule has 0 unspecified atom stereocenters. The molecule has 1 N–H and O–H groups in total. The van der Waals surface area contributed by atoms with E-state index in [0.29, 0.717) is 15.9 Å². The molecule has 0 atom stereocenters. The molecule has 1 heterocycles. The summed E-state index contributed by atoms with van der Waals surface area (Å²) in [6.07, 6.45) is 0. The van der Waals surface area contributed by atoms with Crippen LogP contribution in [0.5, 0.6) is 5.75 Å². The summed E-state index contributed by atoms with van der Waals surface area (Å²) in [5.41, 5.74) is 1.26. The van der Waals surface area contributed by atoms with Gasteiger partial charge in [-0.3, -0.25) is 0 Å². The number of nitrogens with one attached hydrogen (secondary N) is 1.